The lowest BCUT2D eigenvalue weighted by atomic mass is 9.69. The van der Waals surface area contributed by atoms with Crippen LogP contribution in [0.5, 0.6) is 0 Å². The van der Waals surface area contributed by atoms with Crippen molar-refractivity contribution in [3.05, 3.63) is 0 Å². The Labute approximate surface area is 112 Å². The molecule has 0 aromatic carbocycles. The van der Waals surface area contributed by atoms with Gasteiger partial charge in [0.2, 0.25) is 11.8 Å². The topological polar surface area (TPSA) is 95.5 Å². The SMILES string of the molecule is CC(=O)NC(C(=O)NCC1(C(=O)O)CCC1)C(C)C. The van der Waals surface area contributed by atoms with Crippen molar-refractivity contribution in [2.24, 2.45) is 11.3 Å². The molecule has 0 aromatic rings. The monoisotopic (exact) mass is 270 g/mol. The molecule has 1 rings (SSSR count). The lowest BCUT2D eigenvalue weighted by Gasteiger charge is -2.38. The number of carboxylic acid groups (broad SMARTS) is 1. The molecule has 0 aliphatic heterocycles. The van der Waals surface area contributed by atoms with Gasteiger partial charge in [0.1, 0.15) is 6.04 Å². The highest BCUT2D eigenvalue weighted by molar-refractivity contribution is 5.87. The van der Waals surface area contributed by atoms with E-state index >= 15 is 0 Å². The van der Waals surface area contributed by atoms with Crippen LogP contribution in [0.3, 0.4) is 0 Å². The van der Waals surface area contributed by atoms with Gasteiger partial charge in [-0.25, -0.2) is 0 Å². The summed E-state index contributed by atoms with van der Waals surface area (Å²) < 4.78 is 0. The minimum absolute atomic E-state index is 0.0499. The van der Waals surface area contributed by atoms with Crippen molar-refractivity contribution in [1.29, 1.82) is 0 Å². The van der Waals surface area contributed by atoms with Crippen LogP contribution < -0.4 is 10.6 Å². The first-order chi connectivity index (χ1) is 8.78. The molecule has 0 spiro atoms. The summed E-state index contributed by atoms with van der Waals surface area (Å²) in [6, 6.07) is -0.622. The van der Waals surface area contributed by atoms with E-state index in [0.29, 0.717) is 12.8 Å². The summed E-state index contributed by atoms with van der Waals surface area (Å²) in [7, 11) is 0. The van der Waals surface area contributed by atoms with Crippen molar-refractivity contribution in [3.63, 3.8) is 0 Å². The Balaban J connectivity index is 2.57. The van der Waals surface area contributed by atoms with Crippen LogP contribution in [-0.2, 0) is 14.4 Å². The van der Waals surface area contributed by atoms with E-state index in [0.717, 1.165) is 6.42 Å². The Morgan fingerprint density at radius 3 is 2.16 bits per heavy atom. The molecule has 0 heterocycles. The first-order valence-electron chi connectivity index (χ1n) is 6.57. The Hall–Kier alpha value is -1.59. The summed E-state index contributed by atoms with van der Waals surface area (Å²) in [6.45, 7) is 5.14. The van der Waals surface area contributed by atoms with Gasteiger partial charge in [-0.15, -0.1) is 0 Å². The number of carbonyl (C=O) groups is 3. The highest BCUT2D eigenvalue weighted by atomic mass is 16.4. The van der Waals surface area contributed by atoms with Gasteiger partial charge in [0, 0.05) is 13.5 Å². The molecule has 3 N–H and O–H groups in total. The van der Waals surface area contributed by atoms with Crippen LogP contribution in [0.25, 0.3) is 0 Å². The summed E-state index contributed by atoms with van der Waals surface area (Å²) in [4.78, 5) is 34.2. The second-order valence-corrected chi connectivity index (χ2v) is 5.58. The van der Waals surface area contributed by atoms with E-state index in [1.807, 2.05) is 13.8 Å². The van der Waals surface area contributed by atoms with E-state index in [-0.39, 0.29) is 24.3 Å². The van der Waals surface area contributed by atoms with Crippen molar-refractivity contribution >= 4 is 17.8 Å². The molecule has 1 aliphatic rings. The third kappa shape index (κ3) is 3.68. The van der Waals surface area contributed by atoms with Gasteiger partial charge >= 0.3 is 5.97 Å². The lowest BCUT2D eigenvalue weighted by molar-refractivity contribution is -0.154. The highest BCUT2D eigenvalue weighted by Gasteiger charge is 2.44. The van der Waals surface area contributed by atoms with Crippen LogP contribution in [0.4, 0.5) is 0 Å². The molecule has 1 fully saturated rings. The molecule has 108 valence electrons. The number of nitrogens with one attached hydrogen (secondary N) is 2. The predicted molar refractivity (Wildman–Crippen MR) is 69.4 cm³/mol. The molecular formula is C13H22N2O4. The summed E-state index contributed by atoms with van der Waals surface area (Å²) >= 11 is 0. The van der Waals surface area contributed by atoms with E-state index in [9.17, 15) is 14.4 Å². The van der Waals surface area contributed by atoms with Crippen LogP contribution in [0.1, 0.15) is 40.0 Å². The second kappa shape index (κ2) is 6.04. The summed E-state index contributed by atoms with van der Waals surface area (Å²) in [5.41, 5.74) is -0.812. The minimum atomic E-state index is -0.861. The fourth-order valence-corrected chi connectivity index (χ4v) is 2.19. The number of rotatable bonds is 6. The normalized spacial score (nSPS) is 18.3. The molecule has 0 aromatic heterocycles. The number of hydrogen-bond acceptors (Lipinski definition) is 3. The first kappa shape index (κ1) is 15.5. The quantitative estimate of drug-likeness (QED) is 0.655. The third-order valence-electron chi connectivity index (χ3n) is 3.67. The van der Waals surface area contributed by atoms with Crippen LogP contribution in [0.15, 0.2) is 0 Å². The molecule has 1 aliphatic carbocycles. The largest absolute Gasteiger partial charge is 0.481 e. The number of carbonyl (C=O) groups excluding carboxylic acids is 2. The molecule has 6 heteroatoms. The van der Waals surface area contributed by atoms with Gasteiger partial charge in [-0.2, -0.15) is 0 Å². The van der Waals surface area contributed by atoms with Crippen LogP contribution in [0.2, 0.25) is 0 Å². The molecule has 1 unspecified atom stereocenters. The molecular weight excluding hydrogens is 248 g/mol. The molecule has 2 amide bonds. The van der Waals surface area contributed by atoms with Crippen molar-refractivity contribution in [2.45, 2.75) is 46.1 Å². The molecule has 19 heavy (non-hydrogen) atoms. The van der Waals surface area contributed by atoms with Crippen molar-refractivity contribution < 1.29 is 19.5 Å². The average molecular weight is 270 g/mol. The van der Waals surface area contributed by atoms with E-state index in [1.165, 1.54) is 6.92 Å². The Bertz CT molecular complexity index is 375. The zero-order chi connectivity index (χ0) is 14.6. The molecule has 1 atom stereocenters. The van der Waals surface area contributed by atoms with Gasteiger partial charge in [-0.3, -0.25) is 14.4 Å². The van der Waals surface area contributed by atoms with Crippen LogP contribution >= 0.6 is 0 Å². The molecule has 1 saturated carbocycles. The maximum atomic E-state index is 12.0. The lowest BCUT2D eigenvalue weighted by Crippen LogP contribution is -2.54. The van der Waals surface area contributed by atoms with E-state index < -0.39 is 17.4 Å². The van der Waals surface area contributed by atoms with Gasteiger partial charge in [-0.1, -0.05) is 20.3 Å². The number of aliphatic carboxylic acids is 1. The fraction of sp³-hybridized carbons (Fsp3) is 0.769. The molecule has 0 radical (unpaired) electrons. The number of carboxylic acids is 1. The van der Waals surface area contributed by atoms with Gasteiger partial charge in [-0.05, 0) is 18.8 Å². The maximum Gasteiger partial charge on any atom is 0.311 e. The van der Waals surface area contributed by atoms with Crippen molar-refractivity contribution in [2.75, 3.05) is 6.54 Å². The van der Waals surface area contributed by atoms with Gasteiger partial charge in [0.15, 0.2) is 0 Å². The van der Waals surface area contributed by atoms with Crippen molar-refractivity contribution in [3.8, 4) is 0 Å². The standard InChI is InChI=1S/C13H22N2O4/c1-8(2)10(15-9(3)16)11(17)14-7-13(12(18)19)5-4-6-13/h8,10H,4-7H2,1-3H3,(H,14,17)(H,15,16)(H,18,19). The van der Waals surface area contributed by atoms with Crippen molar-refractivity contribution in [1.82, 2.24) is 10.6 Å². The summed E-state index contributed by atoms with van der Waals surface area (Å²) in [5.74, 6) is -1.51. The predicted octanol–water partition coefficient (Wildman–Crippen LogP) is 0.518. The smallest absolute Gasteiger partial charge is 0.311 e. The molecule has 0 bridgehead atoms. The zero-order valence-corrected chi connectivity index (χ0v) is 11.7. The summed E-state index contributed by atoms with van der Waals surface area (Å²) in [5, 5.41) is 14.4. The molecule has 6 nitrogen and oxygen atoms in total. The van der Waals surface area contributed by atoms with E-state index in [4.69, 9.17) is 5.11 Å². The zero-order valence-electron chi connectivity index (χ0n) is 11.7. The van der Waals surface area contributed by atoms with E-state index in [2.05, 4.69) is 10.6 Å². The Morgan fingerprint density at radius 2 is 1.84 bits per heavy atom. The van der Waals surface area contributed by atoms with Crippen LogP contribution in [-0.4, -0.2) is 35.5 Å². The second-order valence-electron chi connectivity index (χ2n) is 5.58. The highest BCUT2D eigenvalue weighted by Crippen LogP contribution is 2.40. The van der Waals surface area contributed by atoms with E-state index in [1.54, 1.807) is 0 Å². The van der Waals surface area contributed by atoms with Crippen LogP contribution in [0, 0.1) is 11.3 Å². The average Bonchev–Trinajstić information content (AvgIpc) is 2.22. The maximum absolute atomic E-state index is 12.0. The van der Waals surface area contributed by atoms with Gasteiger partial charge in [0.05, 0.1) is 5.41 Å². The fourth-order valence-electron chi connectivity index (χ4n) is 2.19. The first-order valence-corrected chi connectivity index (χ1v) is 6.57. The minimum Gasteiger partial charge on any atom is -0.481 e. The number of hydrogen-bond donors (Lipinski definition) is 3. The summed E-state index contributed by atoms with van der Waals surface area (Å²) in [6.07, 6.45) is 2.06. The van der Waals surface area contributed by atoms with Gasteiger partial charge < -0.3 is 15.7 Å². The number of amides is 2. The molecule has 0 saturated heterocycles. The van der Waals surface area contributed by atoms with Gasteiger partial charge in [0.25, 0.3) is 0 Å². The Kier molecular flexibility index (Phi) is 4.91. The Morgan fingerprint density at radius 1 is 1.26 bits per heavy atom. The third-order valence-corrected chi connectivity index (χ3v) is 3.67.